The van der Waals surface area contributed by atoms with Crippen molar-refractivity contribution in [3.05, 3.63) is 59.7 Å². The number of methoxy groups -OCH3 is 1. The molecule has 0 saturated heterocycles. The molecule has 4 rings (SSSR count). The van der Waals surface area contributed by atoms with Crippen molar-refractivity contribution in [2.75, 3.05) is 25.1 Å². The fraction of sp³-hybridized carbons (Fsp3) is 0.409. The lowest BCUT2D eigenvalue weighted by atomic mass is 10.0. The smallest absolute Gasteiger partial charge is 0.271 e. The van der Waals surface area contributed by atoms with Crippen molar-refractivity contribution in [3.63, 3.8) is 0 Å². The van der Waals surface area contributed by atoms with Crippen LogP contribution in [0.25, 0.3) is 0 Å². The molecule has 1 N–H and O–H groups in total. The lowest BCUT2D eigenvalue weighted by Gasteiger charge is -2.23. The zero-order valence-corrected chi connectivity index (χ0v) is 15.6. The number of hydrogen-bond acceptors (Lipinski definition) is 3. The normalized spacial score (nSPS) is 23.0. The summed E-state index contributed by atoms with van der Waals surface area (Å²) in [6.07, 6.45) is 4.50. The molecular formula is C22H27N2O2+. The van der Waals surface area contributed by atoms with E-state index in [4.69, 9.17) is 4.74 Å². The third kappa shape index (κ3) is 2.88. The lowest BCUT2D eigenvalue weighted by Crippen LogP contribution is -2.41. The molecule has 0 bridgehead atoms. The topological polar surface area (TPSA) is 35.7 Å². The summed E-state index contributed by atoms with van der Waals surface area (Å²) in [4.78, 5) is 2.30. The summed E-state index contributed by atoms with van der Waals surface area (Å²) in [5.41, 5.74) is 2.33. The summed E-state index contributed by atoms with van der Waals surface area (Å²) in [6.45, 7) is 3.55. The average Bonchev–Trinajstić information content (AvgIpc) is 2.82. The first-order valence-electron chi connectivity index (χ1n) is 9.46. The average molecular weight is 351 g/mol. The number of rotatable bonds is 3. The molecule has 0 radical (unpaired) electrons. The maximum atomic E-state index is 11.8. The molecule has 0 aliphatic carbocycles. The SMILES string of the molecule is COc1ccc(C2(O)CN(c3ccc(C)cc3)C3=[N+]2CCCCC3)cc1. The van der Waals surface area contributed by atoms with Gasteiger partial charge in [0.15, 0.2) is 6.54 Å². The Morgan fingerprint density at radius 2 is 1.73 bits per heavy atom. The number of amidine groups is 1. The van der Waals surface area contributed by atoms with Gasteiger partial charge in [0.1, 0.15) is 11.4 Å². The molecular weight excluding hydrogens is 324 g/mol. The third-order valence-corrected chi connectivity index (χ3v) is 5.63. The Balaban J connectivity index is 1.77. The van der Waals surface area contributed by atoms with Gasteiger partial charge in [0.05, 0.1) is 13.7 Å². The molecule has 0 amide bonds. The van der Waals surface area contributed by atoms with E-state index in [1.807, 2.05) is 24.3 Å². The van der Waals surface area contributed by atoms with Crippen LogP contribution < -0.4 is 9.64 Å². The van der Waals surface area contributed by atoms with E-state index in [-0.39, 0.29) is 0 Å². The van der Waals surface area contributed by atoms with Crippen molar-refractivity contribution in [1.29, 1.82) is 0 Å². The van der Waals surface area contributed by atoms with Crippen LogP contribution in [0.5, 0.6) is 5.75 Å². The van der Waals surface area contributed by atoms with Crippen LogP contribution >= 0.6 is 0 Å². The predicted molar refractivity (Wildman–Crippen MR) is 104 cm³/mol. The standard InChI is InChI=1S/C22H27N2O2/c1-17-7-11-19(12-8-17)23-16-22(25,18-9-13-20(26-2)14-10-18)24-15-5-3-4-6-21(23)24/h7-14,25H,3-6,15-16H2,1-2H3/q+1. The Morgan fingerprint density at radius 1 is 1.00 bits per heavy atom. The van der Waals surface area contributed by atoms with E-state index < -0.39 is 5.72 Å². The van der Waals surface area contributed by atoms with Crippen molar-refractivity contribution in [2.24, 2.45) is 0 Å². The molecule has 2 aliphatic heterocycles. The number of ether oxygens (including phenoxy) is 1. The predicted octanol–water partition coefficient (Wildman–Crippen LogP) is 3.65. The Labute approximate surface area is 155 Å². The molecule has 1 atom stereocenters. The molecule has 4 nitrogen and oxygen atoms in total. The molecule has 136 valence electrons. The molecule has 0 aromatic heterocycles. The minimum absolute atomic E-state index is 0.553. The Hall–Kier alpha value is -2.33. The van der Waals surface area contributed by atoms with Crippen LogP contribution in [0.15, 0.2) is 48.5 Å². The van der Waals surface area contributed by atoms with E-state index in [1.54, 1.807) is 7.11 Å². The van der Waals surface area contributed by atoms with Gasteiger partial charge in [-0.15, -0.1) is 0 Å². The Morgan fingerprint density at radius 3 is 2.42 bits per heavy atom. The van der Waals surface area contributed by atoms with Crippen molar-refractivity contribution in [3.8, 4) is 5.75 Å². The Kier molecular flexibility index (Phi) is 4.45. The number of aliphatic hydroxyl groups is 1. The molecule has 4 heteroatoms. The maximum Gasteiger partial charge on any atom is 0.271 e. The van der Waals surface area contributed by atoms with Gasteiger partial charge >= 0.3 is 0 Å². The Bertz CT molecular complexity index is 811. The highest BCUT2D eigenvalue weighted by Gasteiger charge is 2.51. The summed E-state index contributed by atoms with van der Waals surface area (Å²) in [7, 11) is 1.67. The van der Waals surface area contributed by atoms with E-state index in [1.165, 1.54) is 24.2 Å². The summed E-state index contributed by atoms with van der Waals surface area (Å²) in [5, 5.41) is 11.8. The summed E-state index contributed by atoms with van der Waals surface area (Å²) in [5.74, 6) is 2.05. The van der Waals surface area contributed by atoms with Gasteiger partial charge in [-0.05, 0) is 62.6 Å². The van der Waals surface area contributed by atoms with Gasteiger partial charge in [-0.1, -0.05) is 17.7 Å². The molecule has 0 fully saturated rings. The van der Waals surface area contributed by atoms with Crippen molar-refractivity contribution in [1.82, 2.24) is 0 Å². The van der Waals surface area contributed by atoms with Crippen LogP contribution in [-0.4, -0.2) is 35.7 Å². The summed E-state index contributed by atoms with van der Waals surface area (Å²) in [6, 6.07) is 16.4. The zero-order chi connectivity index (χ0) is 18.1. The fourth-order valence-corrected chi connectivity index (χ4v) is 4.14. The maximum absolute atomic E-state index is 11.8. The largest absolute Gasteiger partial charge is 0.497 e. The lowest BCUT2D eigenvalue weighted by molar-refractivity contribution is -0.658. The van der Waals surface area contributed by atoms with Gasteiger partial charge < -0.3 is 9.84 Å². The quantitative estimate of drug-likeness (QED) is 0.858. The van der Waals surface area contributed by atoms with E-state index >= 15 is 0 Å². The summed E-state index contributed by atoms with van der Waals surface area (Å²) < 4.78 is 7.51. The van der Waals surface area contributed by atoms with Crippen LogP contribution in [0.2, 0.25) is 0 Å². The number of hydrogen-bond donors (Lipinski definition) is 1. The molecule has 2 aromatic rings. The van der Waals surface area contributed by atoms with Crippen molar-refractivity contribution < 1.29 is 14.4 Å². The number of aryl methyl sites for hydroxylation is 1. The van der Waals surface area contributed by atoms with Crippen LogP contribution in [0.3, 0.4) is 0 Å². The fourth-order valence-electron chi connectivity index (χ4n) is 4.14. The zero-order valence-electron chi connectivity index (χ0n) is 15.6. The van der Waals surface area contributed by atoms with Crippen LogP contribution in [0, 0.1) is 6.92 Å². The van der Waals surface area contributed by atoms with E-state index in [9.17, 15) is 5.11 Å². The van der Waals surface area contributed by atoms with E-state index in [0.717, 1.165) is 36.4 Å². The molecule has 2 heterocycles. The summed E-state index contributed by atoms with van der Waals surface area (Å²) >= 11 is 0. The first-order chi connectivity index (χ1) is 12.6. The van der Waals surface area contributed by atoms with Gasteiger partial charge in [-0.3, -0.25) is 0 Å². The van der Waals surface area contributed by atoms with Gasteiger partial charge in [-0.2, -0.15) is 0 Å². The van der Waals surface area contributed by atoms with Crippen LogP contribution in [-0.2, 0) is 5.72 Å². The first-order valence-corrected chi connectivity index (χ1v) is 9.46. The highest BCUT2D eigenvalue weighted by atomic mass is 16.5. The minimum atomic E-state index is -1.00. The van der Waals surface area contributed by atoms with Crippen molar-refractivity contribution in [2.45, 2.75) is 38.3 Å². The van der Waals surface area contributed by atoms with Gasteiger partial charge in [0, 0.05) is 12.0 Å². The van der Waals surface area contributed by atoms with Gasteiger partial charge in [-0.25, -0.2) is 9.48 Å². The molecule has 2 aromatic carbocycles. The number of nitrogens with zero attached hydrogens (tertiary/aromatic N) is 2. The second-order valence-electron chi connectivity index (χ2n) is 7.35. The van der Waals surface area contributed by atoms with Crippen molar-refractivity contribution >= 4 is 11.5 Å². The van der Waals surface area contributed by atoms with Gasteiger partial charge in [0.25, 0.3) is 11.6 Å². The van der Waals surface area contributed by atoms with Crippen LogP contribution in [0.1, 0.15) is 36.8 Å². The molecule has 2 aliphatic rings. The van der Waals surface area contributed by atoms with E-state index in [2.05, 4.69) is 40.7 Å². The minimum Gasteiger partial charge on any atom is -0.497 e. The highest BCUT2D eigenvalue weighted by molar-refractivity contribution is 5.95. The van der Waals surface area contributed by atoms with Crippen LogP contribution in [0.4, 0.5) is 5.69 Å². The molecule has 26 heavy (non-hydrogen) atoms. The monoisotopic (exact) mass is 351 g/mol. The first kappa shape index (κ1) is 17.1. The third-order valence-electron chi connectivity index (χ3n) is 5.63. The van der Waals surface area contributed by atoms with Gasteiger partial charge in [0.2, 0.25) is 0 Å². The number of benzene rings is 2. The highest BCUT2D eigenvalue weighted by Crippen LogP contribution is 2.35. The molecule has 0 spiro atoms. The second-order valence-corrected chi connectivity index (χ2v) is 7.35. The number of anilines is 1. The number of β-amino-alcohol motifs (C(OH)–C–C–N with tert-alkyl or cyclic N) is 1. The van der Waals surface area contributed by atoms with E-state index in [0.29, 0.717) is 6.54 Å². The second kappa shape index (κ2) is 6.76. The molecule has 0 saturated carbocycles. The molecule has 1 unspecified atom stereocenters.